The Kier molecular flexibility index (Phi) is 7.18. The SMILES string of the molecule is CC(=O)OC/C=C1\O[C@@H]2CC(=O)N2[C@@]1(CCCCCCc1ccc(Br)cc1)C(=O)O. The van der Waals surface area contributed by atoms with Crippen LogP contribution in [0.25, 0.3) is 0 Å². The van der Waals surface area contributed by atoms with Gasteiger partial charge in [0.15, 0.2) is 6.23 Å². The van der Waals surface area contributed by atoms with E-state index in [0.717, 1.165) is 30.2 Å². The molecule has 0 radical (unpaired) electrons. The van der Waals surface area contributed by atoms with Gasteiger partial charge in [-0.1, -0.05) is 47.3 Å². The van der Waals surface area contributed by atoms with Gasteiger partial charge in [-0.25, -0.2) is 4.79 Å². The number of ether oxygens (including phenoxy) is 2. The van der Waals surface area contributed by atoms with Gasteiger partial charge in [-0.3, -0.25) is 14.5 Å². The zero-order chi connectivity index (χ0) is 21.7. The molecule has 0 unspecified atom stereocenters. The van der Waals surface area contributed by atoms with Crippen molar-refractivity contribution in [3.8, 4) is 0 Å². The van der Waals surface area contributed by atoms with Crippen molar-refractivity contribution in [3.63, 3.8) is 0 Å². The molecule has 7 nitrogen and oxygen atoms in total. The molecule has 2 heterocycles. The number of hydrogen-bond acceptors (Lipinski definition) is 5. The van der Waals surface area contributed by atoms with E-state index in [0.29, 0.717) is 6.42 Å². The summed E-state index contributed by atoms with van der Waals surface area (Å²) in [6.07, 6.45) is 5.83. The molecule has 2 aliphatic rings. The lowest BCUT2D eigenvalue weighted by Crippen LogP contribution is -2.62. The first-order chi connectivity index (χ1) is 14.3. The molecule has 2 atom stereocenters. The van der Waals surface area contributed by atoms with Crippen LogP contribution < -0.4 is 0 Å². The van der Waals surface area contributed by atoms with Crippen molar-refractivity contribution >= 4 is 33.8 Å². The highest BCUT2D eigenvalue weighted by atomic mass is 79.9. The first kappa shape index (κ1) is 22.3. The van der Waals surface area contributed by atoms with Crippen LogP contribution in [-0.2, 0) is 30.3 Å². The minimum Gasteiger partial charge on any atom is -0.479 e. The van der Waals surface area contributed by atoms with Gasteiger partial charge >= 0.3 is 11.9 Å². The fourth-order valence-corrected chi connectivity index (χ4v) is 4.29. The van der Waals surface area contributed by atoms with Crippen molar-refractivity contribution in [1.82, 2.24) is 4.90 Å². The number of carboxylic acids is 1. The van der Waals surface area contributed by atoms with Crippen LogP contribution in [0, 0.1) is 0 Å². The van der Waals surface area contributed by atoms with E-state index >= 15 is 0 Å². The van der Waals surface area contributed by atoms with Crippen LogP contribution in [0.3, 0.4) is 0 Å². The molecular formula is C22H26BrNO6. The highest BCUT2D eigenvalue weighted by Gasteiger charge is 2.64. The van der Waals surface area contributed by atoms with Gasteiger partial charge in [0.1, 0.15) is 12.4 Å². The lowest BCUT2D eigenvalue weighted by Gasteiger charge is -2.40. The van der Waals surface area contributed by atoms with E-state index in [1.807, 2.05) is 12.1 Å². The van der Waals surface area contributed by atoms with E-state index in [1.165, 1.54) is 23.5 Å². The molecule has 2 aliphatic heterocycles. The third-order valence-electron chi connectivity index (χ3n) is 5.56. The molecule has 0 bridgehead atoms. The summed E-state index contributed by atoms with van der Waals surface area (Å²) < 4.78 is 11.7. The summed E-state index contributed by atoms with van der Waals surface area (Å²) in [5.41, 5.74) is -0.236. The zero-order valence-corrected chi connectivity index (χ0v) is 18.5. The summed E-state index contributed by atoms with van der Waals surface area (Å²) in [6, 6.07) is 8.23. The fraction of sp³-hybridized carbons (Fsp3) is 0.500. The molecule has 0 spiro atoms. The molecule has 0 aliphatic carbocycles. The average Bonchev–Trinajstić information content (AvgIpc) is 2.94. The highest BCUT2D eigenvalue weighted by Crippen LogP contribution is 2.47. The largest absolute Gasteiger partial charge is 0.479 e. The van der Waals surface area contributed by atoms with Crippen molar-refractivity contribution in [2.45, 2.75) is 63.6 Å². The number of halogens is 1. The number of rotatable bonds is 10. The molecular weight excluding hydrogens is 454 g/mol. The third kappa shape index (κ3) is 4.69. The van der Waals surface area contributed by atoms with E-state index in [2.05, 4.69) is 28.1 Å². The predicted molar refractivity (Wildman–Crippen MR) is 112 cm³/mol. The number of unbranched alkanes of at least 4 members (excludes halogenated alkanes) is 3. The van der Waals surface area contributed by atoms with Crippen LogP contribution in [0.15, 0.2) is 40.6 Å². The Bertz CT molecular complexity index is 837. The Balaban J connectivity index is 1.57. The summed E-state index contributed by atoms with van der Waals surface area (Å²) >= 11 is 3.43. The topological polar surface area (TPSA) is 93.1 Å². The van der Waals surface area contributed by atoms with Gasteiger partial charge in [-0.05, 0) is 43.0 Å². The second-order valence-electron chi connectivity index (χ2n) is 7.62. The number of aliphatic carboxylic acids is 1. The Labute approximate surface area is 184 Å². The lowest BCUT2D eigenvalue weighted by atomic mass is 9.86. The van der Waals surface area contributed by atoms with E-state index in [9.17, 15) is 19.5 Å². The maximum Gasteiger partial charge on any atom is 0.337 e. The minimum atomic E-state index is -1.51. The van der Waals surface area contributed by atoms with Gasteiger partial charge in [0.25, 0.3) is 0 Å². The van der Waals surface area contributed by atoms with Crippen molar-refractivity contribution in [2.24, 2.45) is 0 Å². The van der Waals surface area contributed by atoms with Crippen LogP contribution in [0.5, 0.6) is 0 Å². The van der Waals surface area contributed by atoms with Crippen molar-refractivity contribution < 1.29 is 29.0 Å². The van der Waals surface area contributed by atoms with E-state index in [1.54, 1.807) is 0 Å². The second kappa shape index (κ2) is 9.64. The Morgan fingerprint density at radius 1 is 1.27 bits per heavy atom. The molecule has 0 saturated carbocycles. The Morgan fingerprint density at radius 2 is 1.97 bits per heavy atom. The first-order valence-electron chi connectivity index (χ1n) is 10.2. The Hall–Kier alpha value is -2.35. The molecule has 3 rings (SSSR count). The smallest absolute Gasteiger partial charge is 0.337 e. The number of fused-ring (bicyclic) bond motifs is 1. The summed E-state index contributed by atoms with van der Waals surface area (Å²) in [7, 11) is 0. The number of benzene rings is 1. The van der Waals surface area contributed by atoms with Crippen LogP contribution in [0.1, 0.15) is 51.0 Å². The molecule has 1 aromatic carbocycles. The lowest BCUT2D eigenvalue weighted by molar-refractivity contribution is -0.171. The average molecular weight is 480 g/mol. The number of carbonyl (C=O) groups is 3. The van der Waals surface area contributed by atoms with Crippen molar-refractivity contribution in [3.05, 3.63) is 46.1 Å². The minimum absolute atomic E-state index is 0.0817. The van der Waals surface area contributed by atoms with Crippen LogP contribution in [-0.4, -0.2) is 46.2 Å². The molecule has 0 aromatic heterocycles. The number of β-lactam (4-membered cyclic amide) rings is 1. The van der Waals surface area contributed by atoms with Crippen LogP contribution >= 0.6 is 15.9 Å². The molecule has 1 aromatic rings. The third-order valence-corrected chi connectivity index (χ3v) is 6.09. The summed E-state index contributed by atoms with van der Waals surface area (Å²) in [5, 5.41) is 10.0. The van der Waals surface area contributed by atoms with Crippen molar-refractivity contribution in [2.75, 3.05) is 6.61 Å². The van der Waals surface area contributed by atoms with Gasteiger partial charge in [0, 0.05) is 11.4 Å². The number of esters is 1. The van der Waals surface area contributed by atoms with Gasteiger partial charge in [-0.15, -0.1) is 0 Å². The van der Waals surface area contributed by atoms with Crippen LogP contribution in [0.2, 0.25) is 0 Å². The number of amides is 1. The molecule has 162 valence electrons. The number of hydrogen-bond donors (Lipinski definition) is 1. The predicted octanol–water partition coefficient (Wildman–Crippen LogP) is 3.80. The number of aryl methyl sites for hydroxylation is 1. The van der Waals surface area contributed by atoms with Gasteiger partial charge in [0.05, 0.1) is 6.42 Å². The van der Waals surface area contributed by atoms with Crippen LogP contribution in [0.4, 0.5) is 0 Å². The maximum atomic E-state index is 12.3. The number of carboxylic acid groups (broad SMARTS) is 1. The maximum absolute atomic E-state index is 12.3. The Morgan fingerprint density at radius 3 is 2.60 bits per heavy atom. The van der Waals surface area contributed by atoms with Gasteiger partial charge < -0.3 is 14.6 Å². The quantitative estimate of drug-likeness (QED) is 0.311. The molecule has 1 N–H and O–H groups in total. The number of carbonyl (C=O) groups excluding carboxylic acids is 2. The highest BCUT2D eigenvalue weighted by molar-refractivity contribution is 9.10. The van der Waals surface area contributed by atoms with E-state index in [-0.39, 0.29) is 31.1 Å². The fourth-order valence-electron chi connectivity index (χ4n) is 4.03. The molecule has 2 fully saturated rings. The summed E-state index contributed by atoms with van der Waals surface area (Å²) in [4.78, 5) is 36.8. The van der Waals surface area contributed by atoms with E-state index in [4.69, 9.17) is 9.47 Å². The second-order valence-corrected chi connectivity index (χ2v) is 8.53. The standard InChI is InChI=1S/C22H26BrNO6/c1-15(25)29-13-11-18-22(21(27)28,24-19(26)14-20(24)30-18)12-5-3-2-4-6-16-7-9-17(23)10-8-16/h7-11,20H,2-6,12-14H2,1H3,(H,27,28)/b18-11-/t20-,22-/m1/s1. The monoisotopic (exact) mass is 479 g/mol. The van der Waals surface area contributed by atoms with Gasteiger partial charge in [-0.2, -0.15) is 0 Å². The zero-order valence-electron chi connectivity index (χ0n) is 16.9. The molecule has 1 amide bonds. The first-order valence-corrected chi connectivity index (χ1v) is 10.9. The molecule has 8 heteroatoms. The number of nitrogens with zero attached hydrogens (tertiary/aromatic N) is 1. The summed E-state index contributed by atoms with van der Waals surface area (Å²) in [6.45, 7) is 1.20. The molecule has 2 saturated heterocycles. The van der Waals surface area contributed by atoms with Crippen molar-refractivity contribution in [1.29, 1.82) is 0 Å². The molecule has 30 heavy (non-hydrogen) atoms. The summed E-state index contributed by atoms with van der Waals surface area (Å²) in [5.74, 6) is -1.60. The van der Waals surface area contributed by atoms with E-state index < -0.39 is 23.7 Å². The van der Waals surface area contributed by atoms with Gasteiger partial charge in [0.2, 0.25) is 11.4 Å². The normalized spacial score (nSPS) is 23.7.